The van der Waals surface area contributed by atoms with E-state index in [0.29, 0.717) is 24.6 Å². The Morgan fingerprint density at radius 1 is 1.00 bits per heavy atom. The lowest BCUT2D eigenvalue weighted by molar-refractivity contribution is -0.912. The minimum absolute atomic E-state index is 0.259. The monoisotopic (exact) mass is 554 g/mol. The Morgan fingerprint density at radius 3 is 2.41 bits per heavy atom. The number of carbonyl (C=O) groups excluding carboxylic acids is 2. The molecule has 0 fully saturated rings. The number of ether oxygens (including phenoxy) is 2. The second-order valence-corrected chi connectivity index (χ2v) is 11.1. The molecule has 0 aliphatic heterocycles. The van der Waals surface area contributed by atoms with Crippen molar-refractivity contribution in [3.05, 3.63) is 95.2 Å². The molecule has 1 amide bonds. The number of pyridine rings is 1. The number of rotatable bonds is 12. The molecule has 1 heterocycles. The highest BCUT2D eigenvalue weighted by atomic mass is 16.5. The van der Waals surface area contributed by atoms with Gasteiger partial charge in [0, 0.05) is 22.2 Å². The molecule has 0 unspecified atom stereocenters. The standard InChI is InChI=1S/C34H39N3O4/c1-6-7-11-27-21-25-10-8-9-12-28(25)33(36-27)41-20-19-37(3,4)31(34(39)40-5)29-18-17-26(32(35)38)22-30(29)24-15-13-23(2)14-16-24/h8-10,12-18,21-22,31H,6-7,11,19-20H2,1-5H3,(H-,35,38)/p+1/t31-/m1/s1. The summed E-state index contributed by atoms with van der Waals surface area (Å²) in [6.45, 7) is 5.02. The SMILES string of the molecule is CCCCc1cc2ccccc2c(OCC[N+](C)(C)[C@@H](C(=O)OC)c2ccc(C(N)=O)cc2-c2ccc(C)cc2)n1. The Kier molecular flexibility index (Phi) is 9.40. The molecule has 41 heavy (non-hydrogen) atoms. The van der Waals surface area contributed by atoms with E-state index < -0.39 is 11.9 Å². The number of aromatic nitrogens is 1. The number of unbranched alkanes of at least 4 members (excludes halogenated alkanes) is 1. The number of amides is 1. The Labute approximate surface area is 242 Å². The van der Waals surface area contributed by atoms with Crippen molar-refractivity contribution in [2.45, 2.75) is 39.2 Å². The van der Waals surface area contributed by atoms with Gasteiger partial charge in [-0.25, -0.2) is 9.78 Å². The van der Waals surface area contributed by atoms with Gasteiger partial charge < -0.3 is 19.7 Å². The Morgan fingerprint density at radius 2 is 1.73 bits per heavy atom. The minimum Gasteiger partial charge on any atom is -0.471 e. The van der Waals surface area contributed by atoms with Gasteiger partial charge in [-0.15, -0.1) is 0 Å². The molecule has 0 saturated heterocycles. The molecule has 0 spiro atoms. The molecule has 0 aliphatic carbocycles. The average Bonchev–Trinajstić information content (AvgIpc) is 2.96. The lowest BCUT2D eigenvalue weighted by Gasteiger charge is -2.37. The van der Waals surface area contributed by atoms with E-state index in [-0.39, 0.29) is 10.5 Å². The predicted octanol–water partition coefficient (Wildman–Crippen LogP) is 6.02. The van der Waals surface area contributed by atoms with Crippen molar-refractivity contribution in [1.82, 2.24) is 4.98 Å². The lowest BCUT2D eigenvalue weighted by atomic mass is 9.91. The van der Waals surface area contributed by atoms with Gasteiger partial charge in [0.1, 0.15) is 13.2 Å². The molecular weight excluding hydrogens is 514 g/mol. The van der Waals surface area contributed by atoms with Gasteiger partial charge in [0.05, 0.1) is 21.2 Å². The van der Waals surface area contributed by atoms with Gasteiger partial charge in [0.15, 0.2) is 0 Å². The zero-order chi connectivity index (χ0) is 29.6. The van der Waals surface area contributed by atoms with Crippen LogP contribution in [0.1, 0.15) is 53.0 Å². The van der Waals surface area contributed by atoms with Gasteiger partial charge in [-0.3, -0.25) is 4.79 Å². The molecule has 7 nitrogen and oxygen atoms in total. The summed E-state index contributed by atoms with van der Waals surface area (Å²) >= 11 is 0. The van der Waals surface area contributed by atoms with Crippen LogP contribution in [-0.2, 0) is 16.0 Å². The van der Waals surface area contributed by atoms with Crippen LogP contribution >= 0.6 is 0 Å². The number of nitrogens with zero attached hydrogens (tertiary/aromatic N) is 2. The first-order chi connectivity index (χ1) is 19.6. The van der Waals surface area contributed by atoms with Crippen LogP contribution in [0, 0.1) is 6.92 Å². The van der Waals surface area contributed by atoms with E-state index in [4.69, 9.17) is 20.2 Å². The van der Waals surface area contributed by atoms with Crippen molar-refractivity contribution in [3.8, 4) is 17.0 Å². The molecule has 1 atom stereocenters. The van der Waals surface area contributed by atoms with Crippen LogP contribution in [0.3, 0.4) is 0 Å². The van der Waals surface area contributed by atoms with Gasteiger partial charge in [-0.2, -0.15) is 0 Å². The van der Waals surface area contributed by atoms with E-state index in [1.165, 1.54) is 7.11 Å². The smallest absolute Gasteiger partial charge is 0.369 e. The van der Waals surface area contributed by atoms with Crippen LogP contribution in [0.15, 0.2) is 72.8 Å². The average molecular weight is 555 g/mol. The summed E-state index contributed by atoms with van der Waals surface area (Å²) in [6.07, 6.45) is 3.05. The third-order valence-corrected chi connectivity index (χ3v) is 7.57. The van der Waals surface area contributed by atoms with E-state index in [9.17, 15) is 9.59 Å². The zero-order valence-corrected chi connectivity index (χ0v) is 24.6. The second kappa shape index (κ2) is 13.0. The lowest BCUT2D eigenvalue weighted by Crippen LogP contribution is -2.49. The van der Waals surface area contributed by atoms with E-state index >= 15 is 0 Å². The number of hydrogen-bond donors (Lipinski definition) is 1. The molecule has 7 heteroatoms. The zero-order valence-electron chi connectivity index (χ0n) is 24.6. The number of methoxy groups -OCH3 is 1. The quantitative estimate of drug-likeness (QED) is 0.171. The van der Waals surface area contributed by atoms with E-state index in [2.05, 4.69) is 19.1 Å². The summed E-state index contributed by atoms with van der Waals surface area (Å²) in [4.78, 5) is 30.3. The molecule has 1 aromatic heterocycles. The van der Waals surface area contributed by atoms with Crippen molar-refractivity contribution >= 4 is 22.6 Å². The van der Waals surface area contributed by atoms with Gasteiger partial charge in [-0.05, 0) is 60.5 Å². The van der Waals surface area contributed by atoms with E-state index in [1.807, 2.05) is 69.6 Å². The van der Waals surface area contributed by atoms with Crippen molar-refractivity contribution in [2.75, 3.05) is 34.4 Å². The van der Waals surface area contributed by atoms with Crippen LogP contribution < -0.4 is 10.5 Å². The number of benzene rings is 3. The van der Waals surface area contributed by atoms with Crippen LogP contribution in [0.4, 0.5) is 0 Å². The number of aryl methyl sites for hydroxylation is 2. The fourth-order valence-electron chi connectivity index (χ4n) is 5.15. The largest absolute Gasteiger partial charge is 0.471 e. The number of esters is 1. The molecule has 0 aliphatic rings. The number of hydrogen-bond acceptors (Lipinski definition) is 5. The van der Waals surface area contributed by atoms with Crippen LogP contribution in [0.2, 0.25) is 0 Å². The van der Waals surface area contributed by atoms with Gasteiger partial charge in [-0.1, -0.05) is 67.4 Å². The Bertz CT molecular complexity index is 1530. The number of primary amides is 1. The molecule has 2 N–H and O–H groups in total. The van der Waals surface area contributed by atoms with Gasteiger partial charge >= 0.3 is 5.97 Å². The van der Waals surface area contributed by atoms with Crippen molar-refractivity contribution in [3.63, 3.8) is 0 Å². The number of nitrogens with two attached hydrogens (primary N) is 1. The summed E-state index contributed by atoms with van der Waals surface area (Å²) in [6, 6.07) is 22.8. The Balaban J connectivity index is 1.67. The van der Waals surface area contributed by atoms with E-state index in [0.717, 1.165) is 58.0 Å². The fourth-order valence-corrected chi connectivity index (χ4v) is 5.15. The van der Waals surface area contributed by atoms with Crippen molar-refractivity contribution in [1.29, 1.82) is 0 Å². The Hall–Kier alpha value is -4.23. The van der Waals surface area contributed by atoms with Crippen LogP contribution in [0.25, 0.3) is 21.9 Å². The molecular formula is C34H40N3O4+. The third-order valence-electron chi connectivity index (χ3n) is 7.57. The molecule has 0 saturated carbocycles. The highest BCUT2D eigenvalue weighted by molar-refractivity contribution is 5.95. The summed E-state index contributed by atoms with van der Waals surface area (Å²) in [5.74, 6) is -0.294. The first kappa shape index (κ1) is 29.7. The number of carbonyl (C=O) groups is 2. The summed E-state index contributed by atoms with van der Waals surface area (Å²) in [7, 11) is 5.36. The van der Waals surface area contributed by atoms with Crippen molar-refractivity contribution in [2.24, 2.45) is 5.73 Å². The maximum absolute atomic E-state index is 13.4. The highest BCUT2D eigenvalue weighted by Crippen LogP contribution is 2.36. The van der Waals surface area contributed by atoms with Crippen molar-refractivity contribution < 1.29 is 23.5 Å². The number of fused-ring (bicyclic) bond motifs is 1. The summed E-state index contributed by atoms with van der Waals surface area (Å²) in [5, 5.41) is 2.06. The summed E-state index contributed by atoms with van der Waals surface area (Å²) < 4.78 is 11.9. The normalized spacial score (nSPS) is 12.2. The van der Waals surface area contributed by atoms with Gasteiger partial charge in [0.2, 0.25) is 17.8 Å². The first-order valence-corrected chi connectivity index (χ1v) is 14.1. The third kappa shape index (κ3) is 6.92. The molecule has 4 aromatic rings. The fraction of sp³-hybridized carbons (Fsp3) is 0.324. The number of likely N-dealkylation sites (N-methyl/N-ethyl adjacent to an activating group) is 1. The van der Waals surface area contributed by atoms with Gasteiger partial charge in [0.25, 0.3) is 0 Å². The molecule has 4 rings (SSSR count). The predicted molar refractivity (Wildman–Crippen MR) is 163 cm³/mol. The second-order valence-electron chi connectivity index (χ2n) is 11.1. The van der Waals surface area contributed by atoms with E-state index in [1.54, 1.807) is 12.1 Å². The van der Waals surface area contributed by atoms with Crippen LogP contribution in [-0.4, -0.2) is 55.7 Å². The molecule has 0 radical (unpaired) electrons. The maximum atomic E-state index is 13.4. The number of quaternary nitrogens is 1. The first-order valence-electron chi connectivity index (χ1n) is 14.1. The molecule has 0 bridgehead atoms. The van der Waals surface area contributed by atoms with Crippen LogP contribution in [0.5, 0.6) is 5.88 Å². The summed E-state index contributed by atoms with van der Waals surface area (Å²) in [5.41, 5.74) is 10.5. The minimum atomic E-state index is -0.678. The topological polar surface area (TPSA) is 91.5 Å². The highest BCUT2D eigenvalue weighted by Gasteiger charge is 2.39. The molecule has 214 valence electrons. The maximum Gasteiger partial charge on any atom is 0.369 e. The molecule has 3 aromatic carbocycles.